The molecular formula is C12H10N2O3S. The van der Waals surface area contributed by atoms with Crippen molar-refractivity contribution in [1.82, 2.24) is 0 Å². The van der Waals surface area contributed by atoms with Gasteiger partial charge < -0.3 is 5.32 Å². The van der Waals surface area contributed by atoms with Crippen molar-refractivity contribution in [3.63, 3.8) is 0 Å². The van der Waals surface area contributed by atoms with Crippen molar-refractivity contribution < 1.29 is 9.72 Å². The Labute approximate surface area is 107 Å². The van der Waals surface area contributed by atoms with Gasteiger partial charge in [0.1, 0.15) is 5.56 Å². The summed E-state index contributed by atoms with van der Waals surface area (Å²) in [5.41, 5.74) is 0.912. The van der Waals surface area contributed by atoms with Crippen molar-refractivity contribution in [2.24, 2.45) is 0 Å². The molecule has 0 aliphatic rings. The Hall–Kier alpha value is -2.21. The maximum Gasteiger partial charge on any atom is 0.282 e. The molecule has 0 aliphatic heterocycles. The molecule has 0 fully saturated rings. The average Bonchev–Trinajstić information content (AvgIpc) is 2.74. The van der Waals surface area contributed by atoms with E-state index in [1.54, 1.807) is 6.07 Å². The molecule has 1 N–H and O–H groups in total. The van der Waals surface area contributed by atoms with Crippen molar-refractivity contribution in [3.05, 3.63) is 57.0 Å². The van der Waals surface area contributed by atoms with Crippen LogP contribution in [0.3, 0.4) is 0 Å². The van der Waals surface area contributed by atoms with Crippen LogP contribution in [0.4, 0.5) is 10.7 Å². The quantitative estimate of drug-likeness (QED) is 0.681. The maximum absolute atomic E-state index is 11.9. The first-order valence-corrected chi connectivity index (χ1v) is 6.06. The van der Waals surface area contributed by atoms with Crippen LogP contribution in [0.25, 0.3) is 0 Å². The first-order chi connectivity index (χ1) is 8.58. The highest BCUT2D eigenvalue weighted by molar-refractivity contribution is 7.14. The first kappa shape index (κ1) is 12.3. The third-order valence-corrected chi connectivity index (χ3v) is 3.28. The van der Waals surface area contributed by atoms with Crippen LogP contribution in [0.5, 0.6) is 0 Å². The Kier molecular flexibility index (Phi) is 3.38. The first-order valence-electron chi connectivity index (χ1n) is 5.18. The predicted molar refractivity (Wildman–Crippen MR) is 70.1 cm³/mol. The van der Waals surface area contributed by atoms with Crippen LogP contribution in [-0.4, -0.2) is 10.8 Å². The zero-order chi connectivity index (χ0) is 13.1. The van der Waals surface area contributed by atoms with Crippen LogP contribution >= 0.6 is 11.3 Å². The van der Waals surface area contributed by atoms with E-state index in [1.165, 1.54) is 29.5 Å². The lowest BCUT2D eigenvalue weighted by molar-refractivity contribution is -0.385. The minimum atomic E-state index is -0.561. The summed E-state index contributed by atoms with van der Waals surface area (Å²) in [6, 6.07) is 7.70. The van der Waals surface area contributed by atoms with E-state index >= 15 is 0 Å². The molecule has 1 aromatic heterocycles. The highest BCUT2D eigenvalue weighted by atomic mass is 32.1. The van der Waals surface area contributed by atoms with E-state index in [4.69, 9.17) is 0 Å². The number of benzene rings is 1. The molecule has 5 nitrogen and oxygen atoms in total. The van der Waals surface area contributed by atoms with Crippen LogP contribution in [-0.2, 0) is 0 Å². The highest BCUT2D eigenvalue weighted by Crippen LogP contribution is 2.23. The van der Waals surface area contributed by atoms with Crippen LogP contribution in [0.15, 0.2) is 35.7 Å². The van der Waals surface area contributed by atoms with Crippen LogP contribution in [0.2, 0.25) is 0 Å². The Morgan fingerprint density at radius 3 is 2.72 bits per heavy atom. The van der Waals surface area contributed by atoms with Crippen LogP contribution in [0, 0.1) is 17.0 Å². The summed E-state index contributed by atoms with van der Waals surface area (Å²) in [4.78, 5) is 22.2. The third kappa shape index (κ3) is 2.54. The molecule has 0 radical (unpaired) electrons. The lowest BCUT2D eigenvalue weighted by atomic mass is 10.1. The van der Waals surface area contributed by atoms with E-state index in [9.17, 15) is 14.9 Å². The van der Waals surface area contributed by atoms with E-state index in [1.807, 2.05) is 18.4 Å². The molecule has 0 saturated heterocycles. The number of nitro benzene ring substituents is 1. The average molecular weight is 262 g/mol. The molecular weight excluding hydrogens is 252 g/mol. The summed E-state index contributed by atoms with van der Waals surface area (Å²) in [5, 5.41) is 16.0. The number of anilines is 1. The molecule has 18 heavy (non-hydrogen) atoms. The number of hydrogen-bond acceptors (Lipinski definition) is 4. The number of nitro groups is 1. The Balaban J connectivity index is 2.26. The van der Waals surface area contributed by atoms with Gasteiger partial charge in [-0.3, -0.25) is 14.9 Å². The monoisotopic (exact) mass is 262 g/mol. The number of hydrogen-bond donors (Lipinski definition) is 1. The number of carbonyl (C=O) groups excluding carboxylic acids is 1. The van der Waals surface area contributed by atoms with Crippen LogP contribution in [0.1, 0.15) is 15.9 Å². The molecule has 2 rings (SSSR count). The Morgan fingerprint density at radius 2 is 2.11 bits per heavy atom. The summed E-state index contributed by atoms with van der Waals surface area (Å²) in [5.74, 6) is -0.468. The Bertz CT molecular complexity index is 607. The topological polar surface area (TPSA) is 72.2 Å². The Morgan fingerprint density at radius 1 is 1.39 bits per heavy atom. The zero-order valence-electron chi connectivity index (χ0n) is 9.54. The van der Waals surface area contributed by atoms with Crippen molar-refractivity contribution in [3.8, 4) is 0 Å². The number of amides is 1. The molecule has 0 saturated carbocycles. The van der Waals surface area contributed by atoms with E-state index in [2.05, 4.69) is 5.32 Å². The number of carbonyl (C=O) groups is 1. The number of para-hydroxylation sites is 1. The largest absolute Gasteiger partial charge is 0.313 e. The molecule has 0 atom stereocenters. The SMILES string of the molecule is Cc1csc(NC(=O)c2ccccc2[N+](=O)[O-])c1. The zero-order valence-corrected chi connectivity index (χ0v) is 10.4. The van der Waals surface area contributed by atoms with Gasteiger partial charge in [-0.2, -0.15) is 0 Å². The molecule has 1 amide bonds. The highest BCUT2D eigenvalue weighted by Gasteiger charge is 2.19. The van der Waals surface area contributed by atoms with Gasteiger partial charge in [0.2, 0.25) is 0 Å². The van der Waals surface area contributed by atoms with E-state index in [0.717, 1.165) is 5.56 Å². The van der Waals surface area contributed by atoms with Gasteiger partial charge in [0.05, 0.1) is 9.92 Å². The van der Waals surface area contributed by atoms with Gasteiger partial charge in [0, 0.05) is 6.07 Å². The van der Waals surface area contributed by atoms with E-state index in [0.29, 0.717) is 5.00 Å². The number of thiophene rings is 1. The maximum atomic E-state index is 11.9. The van der Waals surface area contributed by atoms with E-state index < -0.39 is 10.8 Å². The van der Waals surface area contributed by atoms with Gasteiger partial charge in [-0.15, -0.1) is 11.3 Å². The fraction of sp³-hybridized carbons (Fsp3) is 0.0833. The minimum absolute atomic E-state index is 0.0635. The normalized spacial score (nSPS) is 10.1. The number of aryl methyl sites for hydroxylation is 1. The van der Waals surface area contributed by atoms with Gasteiger partial charge in [-0.05, 0) is 30.0 Å². The number of nitrogens with one attached hydrogen (secondary N) is 1. The summed E-state index contributed by atoms with van der Waals surface area (Å²) < 4.78 is 0. The van der Waals surface area contributed by atoms with Gasteiger partial charge in [0.15, 0.2) is 0 Å². The summed E-state index contributed by atoms with van der Waals surface area (Å²) >= 11 is 1.38. The van der Waals surface area contributed by atoms with Crippen molar-refractivity contribution in [2.45, 2.75) is 6.92 Å². The second-order valence-corrected chi connectivity index (χ2v) is 4.63. The predicted octanol–water partition coefficient (Wildman–Crippen LogP) is 3.22. The molecule has 0 unspecified atom stereocenters. The van der Waals surface area contributed by atoms with Gasteiger partial charge >= 0.3 is 0 Å². The second-order valence-electron chi connectivity index (χ2n) is 3.72. The fourth-order valence-electron chi connectivity index (χ4n) is 1.50. The fourth-order valence-corrected chi connectivity index (χ4v) is 2.29. The van der Waals surface area contributed by atoms with Crippen molar-refractivity contribution >= 4 is 27.9 Å². The second kappa shape index (κ2) is 4.97. The molecule has 0 aliphatic carbocycles. The summed E-state index contributed by atoms with van der Waals surface area (Å²) in [6.07, 6.45) is 0. The van der Waals surface area contributed by atoms with Gasteiger partial charge in [0.25, 0.3) is 11.6 Å². The lowest BCUT2D eigenvalue weighted by Gasteiger charge is -2.03. The molecule has 6 heteroatoms. The summed E-state index contributed by atoms with van der Waals surface area (Å²) in [6.45, 7) is 1.91. The van der Waals surface area contributed by atoms with Gasteiger partial charge in [-0.25, -0.2) is 0 Å². The molecule has 0 bridgehead atoms. The van der Waals surface area contributed by atoms with Crippen molar-refractivity contribution in [1.29, 1.82) is 0 Å². The smallest absolute Gasteiger partial charge is 0.282 e. The number of rotatable bonds is 3. The van der Waals surface area contributed by atoms with Gasteiger partial charge in [-0.1, -0.05) is 12.1 Å². The molecule has 92 valence electrons. The minimum Gasteiger partial charge on any atom is -0.313 e. The van der Waals surface area contributed by atoms with Crippen LogP contribution < -0.4 is 5.32 Å². The molecule has 1 heterocycles. The molecule has 1 aromatic carbocycles. The lowest BCUT2D eigenvalue weighted by Crippen LogP contribution is -2.12. The third-order valence-electron chi connectivity index (χ3n) is 2.31. The van der Waals surface area contributed by atoms with Crippen molar-refractivity contribution in [2.75, 3.05) is 5.32 Å². The summed E-state index contributed by atoms with van der Waals surface area (Å²) in [7, 11) is 0. The number of nitrogens with zero attached hydrogens (tertiary/aromatic N) is 1. The molecule has 2 aromatic rings. The van der Waals surface area contributed by atoms with E-state index in [-0.39, 0.29) is 11.3 Å². The standard InChI is InChI=1S/C12H10N2O3S/c1-8-6-11(18-7-8)13-12(15)9-4-2-3-5-10(9)14(16)17/h2-7H,1H3,(H,13,15). The molecule has 0 spiro atoms.